The van der Waals surface area contributed by atoms with Gasteiger partial charge in [0.25, 0.3) is 0 Å². The monoisotopic (exact) mass is 281 g/mol. The molecule has 2 nitrogen and oxygen atoms in total. The number of aliphatic hydroxyl groups excluding tert-OH is 1. The Morgan fingerprint density at radius 2 is 1.95 bits per heavy atom. The van der Waals surface area contributed by atoms with Crippen molar-refractivity contribution in [1.29, 1.82) is 0 Å². The van der Waals surface area contributed by atoms with Crippen LogP contribution in [-0.2, 0) is 6.42 Å². The minimum absolute atomic E-state index is 0.279. The van der Waals surface area contributed by atoms with E-state index in [1.54, 1.807) is 12.3 Å². The van der Waals surface area contributed by atoms with Crippen molar-refractivity contribution < 1.29 is 9.50 Å². The van der Waals surface area contributed by atoms with Crippen LogP contribution in [0, 0.1) is 12.7 Å². The zero-order valence-corrected chi connectivity index (χ0v) is 11.8. The fourth-order valence-corrected chi connectivity index (χ4v) is 2.57. The molecule has 0 spiro atoms. The van der Waals surface area contributed by atoms with E-state index < -0.39 is 6.10 Å². The molecular weight excluding hydrogens is 265 g/mol. The fraction of sp³-hybridized carbons (Fsp3) is 0.167. The Hall–Kier alpha value is -2.26. The van der Waals surface area contributed by atoms with E-state index >= 15 is 0 Å². The van der Waals surface area contributed by atoms with Gasteiger partial charge in [0.05, 0.1) is 11.6 Å². The Kier molecular flexibility index (Phi) is 3.67. The Morgan fingerprint density at radius 1 is 1.14 bits per heavy atom. The van der Waals surface area contributed by atoms with Crippen LogP contribution in [0.3, 0.4) is 0 Å². The molecule has 3 aromatic rings. The van der Waals surface area contributed by atoms with Gasteiger partial charge in [-0.15, -0.1) is 0 Å². The molecule has 0 amide bonds. The van der Waals surface area contributed by atoms with E-state index in [9.17, 15) is 9.50 Å². The molecule has 21 heavy (non-hydrogen) atoms. The highest BCUT2D eigenvalue weighted by atomic mass is 19.1. The van der Waals surface area contributed by atoms with Gasteiger partial charge in [-0.3, -0.25) is 4.98 Å². The van der Waals surface area contributed by atoms with Crippen molar-refractivity contribution in [3.63, 3.8) is 0 Å². The smallest absolute Gasteiger partial charge is 0.123 e. The minimum atomic E-state index is -0.705. The van der Waals surface area contributed by atoms with Crippen LogP contribution in [-0.4, -0.2) is 10.1 Å². The molecule has 3 rings (SSSR count). The molecule has 0 radical (unpaired) electrons. The molecule has 0 aliphatic carbocycles. The molecule has 1 aromatic heterocycles. The second-order valence-corrected chi connectivity index (χ2v) is 5.21. The van der Waals surface area contributed by atoms with E-state index in [2.05, 4.69) is 4.98 Å². The molecule has 1 heterocycles. The van der Waals surface area contributed by atoms with Crippen molar-refractivity contribution in [3.05, 3.63) is 77.2 Å². The molecule has 1 unspecified atom stereocenters. The number of benzene rings is 2. The number of aryl methyl sites for hydroxylation is 1. The van der Waals surface area contributed by atoms with Gasteiger partial charge in [-0.1, -0.05) is 30.3 Å². The SMILES string of the molecule is Cc1ccc(F)cc1CC(O)c1cccc2cccnc12. The number of para-hydroxylation sites is 1. The average molecular weight is 281 g/mol. The summed E-state index contributed by atoms with van der Waals surface area (Å²) in [5.74, 6) is -0.279. The van der Waals surface area contributed by atoms with E-state index in [1.807, 2.05) is 37.3 Å². The fourth-order valence-electron chi connectivity index (χ4n) is 2.57. The normalized spacial score (nSPS) is 12.5. The lowest BCUT2D eigenvalue weighted by Gasteiger charge is -2.14. The van der Waals surface area contributed by atoms with Crippen LogP contribution in [0.1, 0.15) is 22.8 Å². The standard InChI is InChI=1S/C18H16FNO/c1-12-7-8-15(19)10-14(12)11-17(21)16-6-2-4-13-5-3-9-20-18(13)16/h2-10,17,21H,11H2,1H3. The Bertz CT molecular complexity index is 780. The molecule has 1 N–H and O–H groups in total. The van der Waals surface area contributed by atoms with Gasteiger partial charge in [-0.2, -0.15) is 0 Å². The zero-order chi connectivity index (χ0) is 14.8. The van der Waals surface area contributed by atoms with Crippen LogP contribution < -0.4 is 0 Å². The first kappa shape index (κ1) is 13.7. The van der Waals surface area contributed by atoms with Crippen molar-refractivity contribution in [2.75, 3.05) is 0 Å². The Labute approximate surface area is 122 Å². The predicted octanol–water partition coefficient (Wildman–Crippen LogP) is 3.96. The highest BCUT2D eigenvalue weighted by Crippen LogP contribution is 2.26. The molecule has 0 bridgehead atoms. The molecule has 1 atom stereocenters. The summed E-state index contributed by atoms with van der Waals surface area (Å²) in [6.07, 6.45) is 1.38. The minimum Gasteiger partial charge on any atom is -0.388 e. The number of halogens is 1. The van der Waals surface area contributed by atoms with Crippen LogP contribution in [0.15, 0.2) is 54.7 Å². The third-order valence-electron chi connectivity index (χ3n) is 3.75. The summed E-state index contributed by atoms with van der Waals surface area (Å²) in [5.41, 5.74) is 3.36. The largest absolute Gasteiger partial charge is 0.388 e. The van der Waals surface area contributed by atoms with Crippen molar-refractivity contribution in [2.24, 2.45) is 0 Å². The average Bonchev–Trinajstić information content (AvgIpc) is 2.50. The van der Waals surface area contributed by atoms with E-state index in [0.29, 0.717) is 6.42 Å². The molecule has 3 heteroatoms. The number of hydrogen-bond acceptors (Lipinski definition) is 2. The first-order valence-corrected chi connectivity index (χ1v) is 6.92. The van der Waals surface area contributed by atoms with Crippen molar-refractivity contribution >= 4 is 10.9 Å². The van der Waals surface area contributed by atoms with E-state index in [0.717, 1.165) is 27.6 Å². The second kappa shape index (κ2) is 5.62. The quantitative estimate of drug-likeness (QED) is 0.788. The number of aliphatic hydroxyl groups is 1. The molecule has 0 saturated heterocycles. The van der Waals surface area contributed by atoms with Gasteiger partial charge >= 0.3 is 0 Å². The van der Waals surface area contributed by atoms with Gasteiger partial charge in [0, 0.05) is 23.6 Å². The molecule has 2 aromatic carbocycles. The van der Waals surface area contributed by atoms with E-state index in [-0.39, 0.29) is 5.82 Å². The Balaban J connectivity index is 1.97. The van der Waals surface area contributed by atoms with Crippen molar-refractivity contribution in [2.45, 2.75) is 19.4 Å². The maximum atomic E-state index is 13.4. The summed E-state index contributed by atoms with van der Waals surface area (Å²) in [5, 5.41) is 11.5. The number of rotatable bonds is 3. The lowest BCUT2D eigenvalue weighted by atomic mass is 9.96. The van der Waals surface area contributed by atoms with Gasteiger partial charge in [0.15, 0.2) is 0 Å². The lowest BCUT2D eigenvalue weighted by molar-refractivity contribution is 0.179. The molecule has 0 aliphatic rings. The van der Waals surface area contributed by atoms with Crippen LogP contribution >= 0.6 is 0 Å². The van der Waals surface area contributed by atoms with E-state index in [1.165, 1.54) is 12.1 Å². The number of pyridine rings is 1. The first-order chi connectivity index (χ1) is 10.1. The molecule has 0 fully saturated rings. The summed E-state index contributed by atoms with van der Waals surface area (Å²) in [6.45, 7) is 1.92. The summed E-state index contributed by atoms with van der Waals surface area (Å²) in [7, 11) is 0. The zero-order valence-electron chi connectivity index (χ0n) is 11.8. The number of nitrogens with zero attached hydrogens (tertiary/aromatic N) is 1. The summed E-state index contributed by atoms with van der Waals surface area (Å²) >= 11 is 0. The highest BCUT2D eigenvalue weighted by Gasteiger charge is 2.14. The predicted molar refractivity (Wildman–Crippen MR) is 81.5 cm³/mol. The van der Waals surface area contributed by atoms with Gasteiger partial charge in [-0.25, -0.2) is 4.39 Å². The van der Waals surface area contributed by atoms with Gasteiger partial charge in [0.1, 0.15) is 5.82 Å². The van der Waals surface area contributed by atoms with Crippen LogP contribution in [0.2, 0.25) is 0 Å². The molecule has 0 saturated carbocycles. The van der Waals surface area contributed by atoms with E-state index in [4.69, 9.17) is 0 Å². The number of aromatic nitrogens is 1. The first-order valence-electron chi connectivity index (χ1n) is 6.92. The topological polar surface area (TPSA) is 33.1 Å². The van der Waals surface area contributed by atoms with Gasteiger partial charge in [-0.05, 0) is 36.2 Å². The Morgan fingerprint density at radius 3 is 2.81 bits per heavy atom. The van der Waals surface area contributed by atoms with Crippen LogP contribution in [0.5, 0.6) is 0 Å². The highest BCUT2D eigenvalue weighted by molar-refractivity contribution is 5.81. The summed E-state index contributed by atoms with van der Waals surface area (Å²) in [4.78, 5) is 4.35. The van der Waals surface area contributed by atoms with Gasteiger partial charge < -0.3 is 5.11 Å². The molecular formula is C18H16FNO. The maximum absolute atomic E-state index is 13.4. The second-order valence-electron chi connectivity index (χ2n) is 5.21. The third kappa shape index (κ3) is 2.78. The van der Waals surface area contributed by atoms with Crippen LogP contribution in [0.25, 0.3) is 10.9 Å². The van der Waals surface area contributed by atoms with Crippen molar-refractivity contribution in [3.8, 4) is 0 Å². The molecule has 0 aliphatic heterocycles. The summed E-state index contributed by atoms with van der Waals surface area (Å²) < 4.78 is 13.4. The summed E-state index contributed by atoms with van der Waals surface area (Å²) in [6, 6.07) is 14.2. The lowest BCUT2D eigenvalue weighted by Crippen LogP contribution is -2.05. The maximum Gasteiger partial charge on any atom is 0.123 e. The third-order valence-corrected chi connectivity index (χ3v) is 3.75. The van der Waals surface area contributed by atoms with Gasteiger partial charge in [0.2, 0.25) is 0 Å². The number of hydrogen-bond donors (Lipinski definition) is 1. The van der Waals surface area contributed by atoms with Crippen molar-refractivity contribution in [1.82, 2.24) is 4.98 Å². The number of fused-ring (bicyclic) bond motifs is 1. The molecule has 106 valence electrons. The van der Waals surface area contributed by atoms with Crippen LogP contribution in [0.4, 0.5) is 4.39 Å².